The lowest BCUT2D eigenvalue weighted by Crippen LogP contribution is -2.44. The van der Waals surface area contributed by atoms with Crippen molar-refractivity contribution in [2.45, 2.75) is 52.1 Å². The van der Waals surface area contributed by atoms with Gasteiger partial charge in [-0.15, -0.1) is 0 Å². The lowest BCUT2D eigenvalue weighted by molar-refractivity contribution is -0.133. The number of rotatable bonds is 7. The Morgan fingerprint density at radius 1 is 1.42 bits per heavy atom. The van der Waals surface area contributed by atoms with Crippen LogP contribution in [0.2, 0.25) is 0 Å². The summed E-state index contributed by atoms with van der Waals surface area (Å²) in [5.74, 6) is 0.245. The van der Waals surface area contributed by atoms with Crippen LogP contribution in [0, 0.1) is 0 Å². The van der Waals surface area contributed by atoms with Crippen molar-refractivity contribution in [2.75, 3.05) is 24.6 Å². The maximum Gasteiger partial charge on any atom is 0.224 e. The maximum atomic E-state index is 12.2. The van der Waals surface area contributed by atoms with E-state index >= 15 is 0 Å². The molecule has 5 nitrogen and oxygen atoms in total. The fourth-order valence-corrected chi connectivity index (χ4v) is 3.72. The smallest absolute Gasteiger partial charge is 0.224 e. The predicted molar refractivity (Wildman–Crippen MR) is 76.8 cm³/mol. The first-order chi connectivity index (χ1) is 8.89. The van der Waals surface area contributed by atoms with E-state index in [1.807, 2.05) is 13.8 Å². The predicted octanol–water partition coefficient (Wildman–Crippen LogP) is 0.800. The molecule has 0 aromatic heterocycles. The summed E-state index contributed by atoms with van der Waals surface area (Å²) in [6.45, 7) is 6.89. The molecule has 0 radical (unpaired) electrons. The molecular weight excluding hydrogens is 264 g/mol. The van der Waals surface area contributed by atoms with E-state index in [0.29, 0.717) is 13.0 Å². The highest BCUT2D eigenvalue weighted by atomic mass is 32.2. The zero-order chi connectivity index (χ0) is 14.5. The van der Waals surface area contributed by atoms with Crippen molar-refractivity contribution >= 4 is 15.7 Å². The van der Waals surface area contributed by atoms with E-state index in [1.54, 1.807) is 11.8 Å². The van der Waals surface area contributed by atoms with Gasteiger partial charge in [0, 0.05) is 30.8 Å². The fraction of sp³-hybridized carbons (Fsp3) is 0.923. The Labute approximate surface area is 116 Å². The van der Waals surface area contributed by atoms with E-state index in [2.05, 4.69) is 5.32 Å². The Bertz CT molecular complexity index is 389. The molecule has 1 aliphatic heterocycles. The zero-order valence-electron chi connectivity index (χ0n) is 12.2. The summed E-state index contributed by atoms with van der Waals surface area (Å²) in [5.41, 5.74) is 0. The van der Waals surface area contributed by atoms with Gasteiger partial charge in [0.25, 0.3) is 0 Å². The van der Waals surface area contributed by atoms with Crippen molar-refractivity contribution in [2.24, 2.45) is 0 Å². The summed E-state index contributed by atoms with van der Waals surface area (Å²) in [4.78, 5) is 13.9. The Balaban J connectivity index is 2.57. The number of sulfone groups is 1. The largest absolute Gasteiger partial charge is 0.339 e. The van der Waals surface area contributed by atoms with E-state index < -0.39 is 9.84 Å². The van der Waals surface area contributed by atoms with Gasteiger partial charge in [-0.05, 0) is 33.2 Å². The van der Waals surface area contributed by atoms with Gasteiger partial charge in [0.1, 0.15) is 0 Å². The summed E-state index contributed by atoms with van der Waals surface area (Å²) in [5, 5.41) is 3.30. The van der Waals surface area contributed by atoms with Crippen LogP contribution in [-0.4, -0.2) is 55.9 Å². The minimum atomic E-state index is -3.04. The summed E-state index contributed by atoms with van der Waals surface area (Å²) < 4.78 is 23.3. The topological polar surface area (TPSA) is 66.5 Å². The number of carbonyl (C=O) groups excluding carboxylic acids is 1. The molecule has 1 fully saturated rings. The fourth-order valence-electron chi connectivity index (χ4n) is 2.57. The van der Waals surface area contributed by atoms with Crippen LogP contribution >= 0.6 is 0 Å². The third kappa shape index (κ3) is 5.10. The van der Waals surface area contributed by atoms with E-state index in [4.69, 9.17) is 0 Å². The lowest BCUT2D eigenvalue weighted by atomic mass is 10.1. The molecule has 0 spiro atoms. The van der Waals surface area contributed by atoms with Crippen LogP contribution in [0.5, 0.6) is 0 Å². The van der Waals surface area contributed by atoms with Crippen molar-refractivity contribution in [3.8, 4) is 0 Å². The summed E-state index contributed by atoms with van der Waals surface area (Å²) in [7, 11) is -3.04. The monoisotopic (exact) mass is 290 g/mol. The van der Waals surface area contributed by atoms with E-state index in [-0.39, 0.29) is 29.5 Å². The molecule has 0 aliphatic carbocycles. The molecule has 1 saturated heterocycles. The molecule has 2 atom stereocenters. The van der Waals surface area contributed by atoms with Gasteiger partial charge in [-0.25, -0.2) is 8.42 Å². The van der Waals surface area contributed by atoms with Crippen LogP contribution in [0.4, 0.5) is 0 Å². The number of nitrogens with zero attached hydrogens (tertiary/aromatic N) is 1. The molecule has 0 aromatic carbocycles. The SMILES string of the molecule is CCN(C(=O)CC1CCCN1)C(C)CS(=O)(=O)CC. The Hall–Kier alpha value is -0.620. The number of nitrogens with one attached hydrogen (secondary N) is 1. The van der Waals surface area contributed by atoms with Gasteiger partial charge in [-0.3, -0.25) is 4.79 Å². The molecule has 1 N–H and O–H groups in total. The molecule has 2 unspecified atom stereocenters. The quantitative estimate of drug-likeness (QED) is 0.753. The molecule has 1 aliphatic rings. The second-order valence-electron chi connectivity index (χ2n) is 5.23. The normalized spacial score (nSPS) is 21.3. The lowest BCUT2D eigenvalue weighted by Gasteiger charge is -2.29. The number of hydrogen-bond donors (Lipinski definition) is 1. The maximum absolute atomic E-state index is 12.2. The molecule has 0 bridgehead atoms. The van der Waals surface area contributed by atoms with Gasteiger partial charge in [0.2, 0.25) is 5.91 Å². The first kappa shape index (κ1) is 16.4. The van der Waals surface area contributed by atoms with E-state index in [0.717, 1.165) is 19.4 Å². The summed E-state index contributed by atoms with van der Waals surface area (Å²) >= 11 is 0. The summed E-state index contributed by atoms with van der Waals surface area (Å²) in [6.07, 6.45) is 2.62. The van der Waals surface area contributed by atoms with Crippen molar-refractivity contribution in [1.82, 2.24) is 10.2 Å². The van der Waals surface area contributed by atoms with Gasteiger partial charge in [0.15, 0.2) is 9.84 Å². The van der Waals surface area contributed by atoms with E-state index in [9.17, 15) is 13.2 Å². The molecular formula is C13H26N2O3S. The number of amides is 1. The highest BCUT2D eigenvalue weighted by molar-refractivity contribution is 7.91. The Morgan fingerprint density at radius 3 is 2.58 bits per heavy atom. The third-order valence-corrected chi connectivity index (χ3v) is 5.58. The number of carbonyl (C=O) groups is 1. The van der Waals surface area contributed by atoms with E-state index in [1.165, 1.54) is 0 Å². The van der Waals surface area contributed by atoms with Gasteiger partial charge in [0.05, 0.1) is 5.75 Å². The second kappa shape index (κ2) is 7.24. The van der Waals surface area contributed by atoms with Gasteiger partial charge < -0.3 is 10.2 Å². The second-order valence-corrected chi connectivity index (χ2v) is 7.62. The van der Waals surface area contributed by atoms with Gasteiger partial charge in [-0.2, -0.15) is 0 Å². The highest BCUT2D eigenvalue weighted by Crippen LogP contribution is 2.13. The molecule has 112 valence electrons. The standard InChI is InChI=1S/C13H26N2O3S/c1-4-15(11(3)10-19(17,18)5-2)13(16)9-12-7-6-8-14-12/h11-12,14H,4-10H2,1-3H3. The zero-order valence-corrected chi connectivity index (χ0v) is 13.0. The molecule has 1 heterocycles. The van der Waals surface area contributed by atoms with Crippen LogP contribution in [0.1, 0.15) is 40.0 Å². The molecule has 19 heavy (non-hydrogen) atoms. The van der Waals surface area contributed by atoms with Crippen LogP contribution in [0.15, 0.2) is 0 Å². The van der Waals surface area contributed by atoms with Crippen LogP contribution in [0.3, 0.4) is 0 Å². The van der Waals surface area contributed by atoms with Crippen LogP contribution in [-0.2, 0) is 14.6 Å². The summed E-state index contributed by atoms with van der Waals surface area (Å²) in [6, 6.07) is 0.0142. The van der Waals surface area contributed by atoms with Crippen molar-refractivity contribution in [1.29, 1.82) is 0 Å². The minimum Gasteiger partial charge on any atom is -0.339 e. The van der Waals surface area contributed by atoms with Crippen LogP contribution in [0.25, 0.3) is 0 Å². The Morgan fingerprint density at radius 2 is 2.11 bits per heavy atom. The Kier molecular flexibility index (Phi) is 6.26. The van der Waals surface area contributed by atoms with Crippen molar-refractivity contribution < 1.29 is 13.2 Å². The van der Waals surface area contributed by atoms with Crippen LogP contribution < -0.4 is 5.32 Å². The molecule has 6 heteroatoms. The van der Waals surface area contributed by atoms with Crippen molar-refractivity contribution in [3.05, 3.63) is 0 Å². The first-order valence-corrected chi connectivity index (χ1v) is 8.95. The molecule has 1 amide bonds. The van der Waals surface area contributed by atoms with Gasteiger partial charge >= 0.3 is 0 Å². The average molecular weight is 290 g/mol. The van der Waals surface area contributed by atoms with Gasteiger partial charge in [-0.1, -0.05) is 6.92 Å². The van der Waals surface area contributed by atoms with Crippen molar-refractivity contribution in [3.63, 3.8) is 0 Å². The molecule has 0 saturated carbocycles. The highest BCUT2D eigenvalue weighted by Gasteiger charge is 2.26. The molecule has 1 rings (SSSR count). The third-order valence-electron chi connectivity index (χ3n) is 3.71. The molecule has 0 aromatic rings. The average Bonchev–Trinajstić information content (AvgIpc) is 2.82. The first-order valence-electron chi connectivity index (χ1n) is 7.12. The number of hydrogen-bond acceptors (Lipinski definition) is 4. The minimum absolute atomic E-state index is 0.0562.